The predicted octanol–water partition coefficient (Wildman–Crippen LogP) is 0.942. The highest BCUT2D eigenvalue weighted by molar-refractivity contribution is 7.12. The van der Waals surface area contributed by atoms with Crippen LogP contribution in [-0.4, -0.2) is 46.4 Å². The lowest BCUT2D eigenvalue weighted by Crippen LogP contribution is -2.50. The maximum absolute atomic E-state index is 12.2. The molecule has 1 aromatic heterocycles. The molecule has 2 heterocycles. The number of hydrogen-bond acceptors (Lipinski definition) is 4. The summed E-state index contributed by atoms with van der Waals surface area (Å²) in [6, 6.07) is 1.92. The smallest absolute Gasteiger partial charge is 0.326 e. The molecule has 1 aliphatic heterocycles. The average molecular weight is 296 g/mol. The zero-order valence-electron chi connectivity index (χ0n) is 11.0. The van der Waals surface area contributed by atoms with Gasteiger partial charge in [0.2, 0.25) is 5.91 Å². The largest absolute Gasteiger partial charge is 0.480 e. The molecule has 0 aliphatic carbocycles. The number of carboxylic acids is 1. The molecule has 1 saturated heterocycles. The minimum atomic E-state index is -0.993. The number of hydrogen-bond donors (Lipinski definition) is 2. The number of likely N-dealkylation sites (tertiary alicyclic amines) is 1. The molecule has 0 radical (unpaired) electrons. The van der Waals surface area contributed by atoms with Crippen LogP contribution < -0.4 is 5.32 Å². The van der Waals surface area contributed by atoms with E-state index >= 15 is 0 Å². The Kier molecular flexibility index (Phi) is 4.39. The number of nitrogens with one attached hydrogen (secondary N) is 1. The lowest BCUT2D eigenvalue weighted by molar-refractivity contribution is -0.148. The second kappa shape index (κ2) is 6.04. The van der Waals surface area contributed by atoms with Gasteiger partial charge >= 0.3 is 5.97 Å². The molecule has 1 unspecified atom stereocenters. The number of carbonyl (C=O) groups excluding carboxylic acids is 2. The molecule has 6 nitrogen and oxygen atoms in total. The highest BCUT2D eigenvalue weighted by Gasteiger charge is 2.36. The summed E-state index contributed by atoms with van der Waals surface area (Å²) in [5, 5.41) is 13.5. The summed E-state index contributed by atoms with van der Waals surface area (Å²) in [5.41, 5.74) is 0. The number of carbonyl (C=O) groups is 3. The van der Waals surface area contributed by atoms with E-state index in [4.69, 9.17) is 5.11 Å². The van der Waals surface area contributed by atoms with Gasteiger partial charge in [0, 0.05) is 6.54 Å². The van der Waals surface area contributed by atoms with Crippen LogP contribution in [0.3, 0.4) is 0 Å². The fourth-order valence-electron chi connectivity index (χ4n) is 2.27. The Morgan fingerprint density at radius 3 is 2.85 bits per heavy atom. The minimum absolute atomic E-state index is 0.313. The van der Waals surface area contributed by atoms with Crippen molar-refractivity contribution >= 4 is 29.1 Å². The summed E-state index contributed by atoms with van der Waals surface area (Å²) in [5.74, 6) is -1.65. The van der Waals surface area contributed by atoms with Crippen LogP contribution >= 0.6 is 11.3 Å². The summed E-state index contributed by atoms with van der Waals surface area (Å²) in [7, 11) is 0. The average Bonchev–Trinajstić information content (AvgIpc) is 3.08. The van der Waals surface area contributed by atoms with E-state index in [0.29, 0.717) is 24.3 Å². The predicted molar refractivity (Wildman–Crippen MR) is 73.6 cm³/mol. The number of rotatable bonds is 4. The molecule has 1 fully saturated rings. The van der Waals surface area contributed by atoms with E-state index in [1.807, 2.05) is 0 Å². The van der Waals surface area contributed by atoms with Crippen LogP contribution in [0, 0.1) is 0 Å². The van der Waals surface area contributed by atoms with Crippen LogP contribution in [0.15, 0.2) is 17.5 Å². The maximum Gasteiger partial charge on any atom is 0.326 e. The van der Waals surface area contributed by atoms with E-state index in [1.54, 1.807) is 24.4 Å². The Hall–Kier alpha value is -1.89. The van der Waals surface area contributed by atoms with Gasteiger partial charge in [-0.1, -0.05) is 6.07 Å². The fourth-order valence-corrected chi connectivity index (χ4v) is 2.90. The quantitative estimate of drug-likeness (QED) is 0.866. The van der Waals surface area contributed by atoms with Gasteiger partial charge in [-0.2, -0.15) is 0 Å². The van der Waals surface area contributed by atoms with Gasteiger partial charge < -0.3 is 15.3 Å². The van der Waals surface area contributed by atoms with Gasteiger partial charge in [0.1, 0.15) is 12.1 Å². The van der Waals surface area contributed by atoms with Crippen molar-refractivity contribution in [3.63, 3.8) is 0 Å². The topological polar surface area (TPSA) is 86.7 Å². The zero-order chi connectivity index (χ0) is 14.7. The normalized spacial score (nSPS) is 19.6. The van der Waals surface area contributed by atoms with E-state index in [1.165, 1.54) is 16.2 Å². The maximum atomic E-state index is 12.2. The Bertz CT molecular complexity index is 514. The number of amides is 2. The van der Waals surface area contributed by atoms with Gasteiger partial charge in [0.25, 0.3) is 5.91 Å². The first-order valence-electron chi connectivity index (χ1n) is 6.38. The Labute approximate surface area is 120 Å². The molecule has 2 N–H and O–H groups in total. The van der Waals surface area contributed by atoms with Crippen molar-refractivity contribution in [2.24, 2.45) is 0 Å². The second-order valence-electron chi connectivity index (χ2n) is 4.70. The highest BCUT2D eigenvalue weighted by Crippen LogP contribution is 2.18. The summed E-state index contributed by atoms with van der Waals surface area (Å²) < 4.78 is 0. The molecular weight excluding hydrogens is 280 g/mol. The van der Waals surface area contributed by atoms with E-state index in [9.17, 15) is 14.4 Å². The molecule has 20 heavy (non-hydrogen) atoms. The summed E-state index contributed by atoms with van der Waals surface area (Å²) in [6.07, 6.45) is 1.14. The standard InChI is InChI=1S/C13H16N2O4S/c1-8(14-11(16)10-5-3-7-20-10)12(17)15-6-2-4-9(15)13(18)19/h3,5,7-9H,2,4,6H2,1H3,(H,14,16)(H,18,19)/t8?,9-/m0/s1. The van der Waals surface area contributed by atoms with E-state index in [2.05, 4.69) is 5.32 Å². The molecule has 1 aliphatic rings. The Balaban J connectivity index is 1.98. The van der Waals surface area contributed by atoms with E-state index in [-0.39, 0.29) is 11.8 Å². The third-order valence-electron chi connectivity index (χ3n) is 3.28. The van der Waals surface area contributed by atoms with Crippen molar-refractivity contribution in [1.82, 2.24) is 10.2 Å². The van der Waals surface area contributed by atoms with Crippen molar-refractivity contribution in [3.8, 4) is 0 Å². The highest BCUT2D eigenvalue weighted by atomic mass is 32.1. The lowest BCUT2D eigenvalue weighted by atomic mass is 10.2. The van der Waals surface area contributed by atoms with E-state index < -0.39 is 18.1 Å². The number of nitrogens with zero attached hydrogens (tertiary/aromatic N) is 1. The SMILES string of the molecule is CC(NC(=O)c1cccs1)C(=O)N1CCC[C@H]1C(=O)O. The van der Waals surface area contributed by atoms with Crippen molar-refractivity contribution in [3.05, 3.63) is 22.4 Å². The van der Waals surface area contributed by atoms with Gasteiger partial charge in [-0.15, -0.1) is 11.3 Å². The van der Waals surface area contributed by atoms with Crippen LogP contribution in [-0.2, 0) is 9.59 Å². The Morgan fingerprint density at radius 2 is 2.25 bits per heavy atom. The van der Waals surface area contributed by atoms with Gasteiger partial charge in [-0.05, 0) is 31.2 Å². The third-order valence-corrected chi connectivity index (χ3v) is 4.15. The summed E-state index contributed by atoms with van der Waals surface area (Å²) >= 11 is 1.29. The molecular formula is C13H16N2O4S. The molecule has 0 bridgehead atoms. The summed E-state index contributed by atoms with van der Waals surface area (Å²) in [6.45, 7) is 2.00. The molecule has 0 saturated carbocycles. The Morgan fingerprint density at radius 1 is 1.50 bits per heavy atom. The molecule has 7 heteroatoms. The van der Waals surface area contributed by atoms with Crippen LogP contribution in [0.2, 0.25) is 0 Å². The van der Waals surface area contributed by atoms with Gasteiger partial charge in [0.15, 0.2) is 0 Å². The van der Waals surface area contributed by atoms with E-state index in [0.717, 1.165) is 0 Å². The molecule has 0 aromatic carbocycles. The molecule has 0 spiro atoms. The first kappa shape index (κ1) is 14.5. The number of thiophene rings is 1. The molecule has 2 atom stereocenters. The van der Waals surface area contributed by atoms with Crippen LogP contribution in [0.25, 0.3) is 0 Å². The lowest BCUT2D eigenvalue weighted by Gasteiger charge is -2.25. The summed E-state index contributed by atoms with van der Waals surface area (Å²) in [4.78, 5) is 37.0. The second-order valence-corrected chi connectivity index (χ2v) is 5.65. The first-order valence-corrected chi connectivity index (χ1v) is 7.26. The molecule has 1 aromatic rings. The van der Waals surface area contributed by atoms with Crippen molar-refractivity contribution in [2.45, 2.75) is 31.8 Å². The molecule has 2 amide bonds. The minimum Gasteiger partial charge on any atom is -0.480 e. The van der Waals surface area contributed by atoms with Crippen molar-refractivity contribution in [1.29, 1.82) is 0 Å². The number of carboxylic acid groups (broad SMARTS) is 1. The third kappa shape index (κ3) is 2.98. The van der Waals surface area contributed by atoms with Crippen LogP contribution in [0.5, 0.6) is 0 Å². The van der Waals surface area contributed by atoms with Crippen LogP contribution in [0.4, 0.5) is 0 Å². The zero-order valence-corrected chi connectivity index (χ0v) is 11.9. The fraction of sp³-hybridized carbons (Fsp3) is 0.462. The molecule has 2 rings (SSSR count). The monoisotopic (exact) mass is 296 g/mol. The molecule has 108 valence electrons. The van der Waals surface area contributed by atoms with Gasteiger partial charge in [-0.3, -0.25) is 9.59 Å². The van der Waals surface area contributed by atoms with Gasteiger partial charge in [0.05, 0.1) is 4.88 Å². The van der Waals surface area contributed by atoms with Gasteiger partial charge in [-0.25, -0.2) is 4.79 Å². The van der Waals surface area contributed by atoms with Crippen molar-refractivity contribution < 1.29 is 19.5 Å². The van der Waals surface area contributed by atoms with Crippen molar-refractivity contribution in [2.75, 3.05) is 6.54 Å². The first-order chi connectivity index (χ1) is 9.50. The number of aliphatic carboxylic acids is 1. The van der Waals surface area contributed by atoms with Crippen LogP contribution in [0.1, 0.15) is 29.4 Å².